The molecule has 1 aromatic carbocycles. The average Bonchev–Trinajstić information content (AvgIpc) is 2.26. The van der Waals surface area contributed by atoms with Crippen LogP contribution in [0.5, 0.6) is 0 Å². The summed E-state index contributed by atoms with van der Waals surface area (Å²) in [6.07, 6.45) is 0. The molecule has 16 heavy (non-hydrogen) atoms. The van der Waals surface area contributed by atoms with Crippen molar-refractivity contribution in [1.82, 2.24) is 5.32 Å². The largest absolute Gasteiger partial charge is 0.351 e. The highest BCUT2D eigenvalue weighted by molar-refractivity contribution is 9.10. The van der Waals surface area contributed by atoms with E-state index >= 15 is 0 Å². The van der Waals surface area contributed by atoms with E-state index in [1.165, 1.54) is 0 Å². The number of carbonyl (C=O) groups is 1. The quantitative estimate of drug-likeness (QED) is 0.890. The molecular formula is C12H17BrN2O. The summed E-state index contributed by atoms with van der Waals surface area (Å²) >= 11 is 3.33. The van der Waals surface area contributed by atoms with Crippen molar-refractivity contribution < 1.29 is 4.79 Å². The molecule has 1 amide bonds. The van der Waals surface area contributed by atoms with E-state index in [0.29, 0.717) is 18.7 Å². The molecule has 0 fully saturated rings. The van der Waals surface area contributed by atoms with Gasteiger partial charge in [-0.2, -0.15) is 0 Å². The summed E-state index contributed by atoms with van der Waals surface area (Å²) in [5.41, 5.74) is 6.18. The highest BCUT2D eigenvalue weighted by Crippen LogP contribution is 2.13. The average molecular weight is 285 g/mol. The van der Waals surface area contributed by atoms with Crippen LogP contribution in [0.4, 0.5) is 0 Å². The van der Waals surface area contributed by atoms with Crippen LogP contribution in [0.1, 0.15) is 24.2 Å². The van der Waals surface area contributed by atoms with E-state index in [-0.39, 0.29) is 11.3 Å². The first-order valence-electron chi connectivity index (χ1n) is 5.18. The Kier molecular flexibility index (Phi) is 4.50. The van der Waals surface area contributed by atoms with Crippen molar-refractivity contribution in [3.63, 3.8) is 0 Å². The molecular weight excluding hydrogens is 268 g/mol. The van der Waals surface area contributed by atoms with Crippen molar-refractivity contribution in [3.8, 4) is 0 Å². The number of amides is 1. The summed E-state index contributed by atoms with van der Waals surface area (Å²) in [6, 6.07) is 7.31. The Hall–Kier alpha value is -0.870. The number of benzene rings is 1. The lowest BCUT2D eigenvalue weighted by atomic mass is 9.94. The molecule has 88 valence electrons. The Bertz CT molecular complexity index is 377. The summed E-state index contributed by atoms with van der Waals surface area (Å²) in [7, 11) is 0. The fourth-order valence-corrected chi connectivity index (χ4v) is 1.52. The number of rotatable bonds is 4. The van der Waals surface area contributed by atoms with Crippen LogP contribution in [0.25, 0.3) is 0 Å². The Morgan fingerprint density at radius 1 is 1.50 bits per heavy atom. The van der Waals surface area contributed by atoms with Crippen molar-refractivity contribution in [3.05, 3.63) is 34.3 Å². The summed E-state index contributed by atoms with van der Waals surface area (Å²) in [4.78, 5) is 11.8. The maximum atomic E-state index is 11.8. The second-order valence-corrected chi connectivity index (χ2v) is 5.48. The zero-order valence-electron chi connectivity index (χ0n) is 9.59. The molecule has 1 rings (SSSR count). The van der Waals surface area contributed by atoms with Gasteiger partial charge in [-0.3, -0.25) is 4.79 Å². The van der Waals surface area contributed by atoms with Gasteiger partial charge in [-0.25, -0.2) is 0 Å². The van der Waals surface area contributed by atoms with Crippen molar-refractivity contribution in [2.24, 2.45) is 11.1 Å². The molecule has 0 aromatic heterocycles. The predicted octanol–water partition coefficient (Wildman–Crippen LogP) is 2.16. The molecule has 0 aliphatic rings. The molecule has 3 nitrogen and oxygen atoms in total. The lowest BCUT2D eigenvalue weighted by Crippen LogP contribution is -2.38. The highest BCUT2D eigenvalue weighted by atomic mass is 79.9. The number of nitrogens with two attached hydrogens (primary N) is 1. The molecule has 1 aromatic rings. The zero-order valence-corrected chi connectivity index (χ0v) is 11.2. The highest BCUT2D eigenvalue weighted by Gasteiger charge is 2.17. The molecule has 0 aliphatic heterocycles. The molecule has 3 N–H and O–H groups in total. The summed E-state index contributed by atoms with van der Waals surface area (Å²) in [5.74, 6) is -0.0668. The Morgan fingerprint density at radius 2 is 2.19 bits per heavy atom. The Morgan fingerprint density at radius 3 is 2.75 bits per heavy atom. The van der Waals surface area contributed by atoms with Gasteiger partial charge in [0.25, 0.3) is 5.91 Å². The van der Waals surface area contributed by atoms with Gasteiger partial charge in [0.2, 0.25) is 0 Å². The lowest BCUT2D eigenvalue weighted by molar-refractivity contribution is 0.0938. The third-order valence-electron chi connectivity index (χ3n) is 2.37. The molecule has 0 bridgehead atoms. The van der Waals surface area contributed by atoms with Gasteiger partial charge >= 0.3 is 0 Å². The Balaban J connectivity index is 2.60. The number of carbonyl (C=O) groups excluding carboxylic acids is 1. The predicted molar refractivity (Wildman–Crippen MR) is 69.3 cm³/mol. The van der Waals surface area contributed by atoms with Gasteiger partial charge < -0.3 is 11.1 Å². The first kappa shape index (κ1) is 13.2. The van der Waals surface area contributed by atoms with Crippen LogP contribution in [-0.2, 0) is 0 Å². The monoisotopic (exact) mass is 284 g/mol. The molecule has 0 heterocycles. The standard InChI is InChI=1S/C12H17BrN2O/c1-12(2,7-14)8-15-11(16)9-4-3-5-10(13)6-9/h3-6H,7-8,14H2,1-2H3,(H,15,16). The van der Waals surface area contributed by atoms with E-state index in [1.54, 1.807) is 12.1 Å². The van der Waals surface area contributed by atoms with Gasteiger partial charge in [0, 0.05) is 16.6 Å². The van der Waals surface area contributed by atoms with E-state index in [1.807, 2.05) is 26.0 Å². The minimum atomic E-state index is -0.0678. The molecule has 0 atom stereocenters. The molecule has 4 heteroatoms. The first-order chi connectivity index (χ1) is 7.44. The molecule has 0 saturated heterocycles. The van der Waals surface area contributed by atoms with Gasteiger partial charge in [0.1, 0.15) is 0 Å². The molecule has 0 saturated carbocycles. The first-order valence-corrected chi connectivity index (χ1v) is 5.98. The molecule has 0 aliphatic carbocycles. The van der Waals surface area contributed by atoms with Crippen LogP contribution in [0.15, 0.2) is 28.7 Å². The maximum Gasteiger partial charge on any atom is 0.251 e. The van der Waals surface area contributed by atoms with E-state index in [0.717, 1.165) is 4.47 Å². The lowest BCUT2D eigenvalue weighted by Gasteiger charge is -2.22. The van der Waals surface area contributed by atoms with Crippen LogP contribution in [0.3, 0.4) is 0 Å². The van der Waals surface area contributed by atoms with Gasteiger partial charge in [0.05, 0.1) is 0 Å². The van der Waals surface area contributed by atoms with Gasteiger partial charge in [-0.1, -0.05) is 35.8 Å². The second kappa shape index (κ2) is 5.46. The smallest absolute Gasteiger partial charge is 0.251 e. The van der Waals surface area contributed by atoms with Crippen LogP contribution in [0.2, 0.25) is 0 Å². The fourth-order valence-electron chi connectivity index (χ4n) is 1.12. The van der Waals surface area contributed by atoms with Gasteiger partial charge in [-0.05, 0) is 30.2 Å². The van der Waals surface area contributed by atoms with Crippen molar-refractivity contribution in [1.29, 1.82) is 0 Å². The van der Waals surface area contributed by atoms with E-state index in [2.05, 4.69) is 21.2 Å². The summed E-state index contributed by atoms with van der Waals surface area (Å²) in [6.45, 7) is 5.17. The van der Waals surface area contributed by atoms with E-state index in [9.17, 15) is 4.79 Å². The van der Waals surface area contributed by atoms with Crippen LogP contribution >= 0.6 is 15.9 Å². The topological polar surface area (TPSA) is 55.1 Å². The number of hydrogen-bond donors (Lipinski definition) is 2. The summed E-state index contributed by atoms with van der Waals surface area (Å²) in [5, 5.41) is 2.88. The minimum absolute atomic E-state index is 0.0668. The normalized spacial score (nSPS) is 11.2. The molecule has 0 spiro atoms. The molecule has 0 unspecified atom stereocenters. The number of hydrogen-bond acceptors (Lipinski definition) is 2. The number of nitrogens with one attached hydrogen (secondary N) is 1. The van der Waals surface area contributed by atoms with Crippen molar-refractivity contribution in [2.75, 3.05) is 13.1 Å². The second-order valence-electron chi connectivity index (χ2n) is 4.56. The Labute approximate surface area is 105 Å². The SMILES string of the molecule is CC(C)(CN)CNC(=O)c1cccc(Br)c1. The number of halogens is 1. The van der Waals surface area contributed by atoms with Crippen molar-refractivity contribution in [2.45, 2.75) is 13.8 Å². The third kappa shape index (κ3) is 3.94. The fraction of sp³-hybridized carbons (Fsp3) is 0.417. The van der Waals surface area contributed by atoms with Crippen molar-refractivity contribution >= 4 is 21.8 Å². The minimum Gasteiger partial charge on any atom is -0.351 e. The van der Waals surface area contributed by atoms with Gasteiger partial charge in [-0.15, -0.1) is 0 Å². The van der Waals surface area contributed by atoms with Gasteiger partial charge in [0.15, 0.2) is 0 Å². The van der Waals surface area contributed by atoms with Crippen LogP contribution < -0.4 is 11.1 Å². The third-order valence-corrected chi connectivity index (χ3v) is 2.86. The van der Waals surface area contributed by atoms with E-state index < -0.39 is 0 Å². The van der Waals surface area contributed by atoms with E-state index in [4.69, 9.17) is 5.73 Å². The van der Waals surface area contributed by atoms with Crippen LogP contribution in [-0.4, -0.2) is 19.0 Å². The molecule has 0 radical (unpaired) electrons. The zero-order chi connectivity index (χ0) is 12.2. The summed E-state index contributed by atoms with van der Waals surface area (Å²) < 4.78 is 0.901. The van der Waals surface area contributed by atoms with Crippen LogP contribution in [0, 0.1) is 5.41 Å². The maximum absolute atomic E-state index is 11.8.